The van der Waals surface area contributed by atoms with Crippen LogP contribution in [0.3, 0.4) is 0 Å². The maximum Gasteiger partial charge on any atom is 0.193 e. The van der Waals surface area contributed by atoms with E-state index in [-0.39, 0.29) is 11.8 Å². The summed E-state index contributed by atoms with van der Waals surface area (Å²) in [6, 6.07) is 12.7. The molecule has 3 nitrogen and oxygen atoms in total. The molecule has 0 spiro atoms. The molecular weight excluding hydrogens is 258 g/mol. The summed E-state index contributed by atoms with van der Waals surface area (Å²) >= 11 is 1.51. The molecule has 19 heavy (non-hydrogen) atoms. The van der Waals surface area contributed by atoms with Crippen LogP contribution in [0, 0.1) is 11.3 Å². The lowest BCUT2D eigenvalue weighted by Gasteiger charge is -2.04. The summed E-state index contributed by atoms with van der Waals surface area (Å²) in [6.07, 6.45) is 0.230. The van der Waals surface area contributed by atoms with Gasteiger partial charge in [-0.25, -0.2) is 0 Å². The molecule has 0 saturated carbocycles. The van der Waals surface area contributed by atoms with Crippen molar-refractivity contribution in [3.8, 4) is 16.7 Å². The van der Waals surface area contributed by atoms with Gasteiger partial charge in [0.2, 0.25) is 0 Å². The molecule has 2 aromatic heterocycles. The van der Waals surface area contributed by atoms with Crippen molar-refractivity contribution < 1.29 is 4.42 Å². The minimum atomic E-state index is -0.0792. The Labute approximate surface area is 113 Å². The van der Waals surface area contributed by atoms with E-state index >= 15 is 0 Å². The van der Waals surface area contributed by atoms with E-state index in [2.05, 4.69) is 6.07 Å². The summed E-state index contributed by atoms with van der Waals surface area (Å²) in [7, 11) is 0. The first-order chi connectivity index (χ1) is 9.29. The van der Waals surface area contributed by atoms with E-state index in [1.165, 1.54) is 17.4 Å². The smallest absolute Gasteiger partial charge is 0.193 e. The van der Waals surface area contributed by atoms with Crippen LogP contribution in [0.25, 0.3) is 21.6 Å². The van der Waals surface area contributed by atoms with Gasteiger partial charge in [-0.15, -0.1) is 11.3 Å². The van der Waals surface area contributed by atoms with Gasteiger partial charge in [0.05, 0.1) is 22.8 Å². The van der Waals surface area contributed by atoms with Gasteiger partial charge in [0, 0.05) is 11.6 Å². The lowest BCUT2D eigenvalue weighted by atomic mass is 10.1. The molecule has 3 rings (SSSR count). The molecule has 0 radical (unpaired) electrons. The fraction of sp³-hybridized carbons (Fsp3) is 0.0667. The summed E-state index contributed by atoms with van der Waals surface area (Å²) in [5.74, 6) is 0.554. The van der Waals surface area contributed by atoms with E-state index in [4.69, 9.17) is 9.68 Å². The van der Waals surface area contributed by atoms with Crippen LogP contribution in [0.15, 0.2) is 51.0 Å². The number of fused-ring (bicyclic) bond motifs is 1. The minimum absolute atomic E-state index is 0.0792. The molecule has 0 unspecified atom stereocenters. The molecule has 0 amide bonds. The van der Waals surface area contributed by atoms with Crippen LogP contribution in [-0.2, 0) is 6.42 Å². The van der Waals surface area contributed by atoms with Crippen molar-refractivity contribution in [2.24, 2.45) is 0 Å². The molecule has 0 atom stereocenters. The molecule has 0 bridgehead atoms. The van der Waals surface area contributed by atoms with Crippen LogP contribution in [0.1, 0.15) is 5.56 Å². The summed E-state index contributed by atoms with van der Waals surface area (Å²) in [5.41, 5.74) is 1.18. The lowest BCUT2D eigenvalue weighted by molar-refractivity contribution is 0.617. The van der Waals surface area contributed by atoms with Gasteiger partial charge in [-0.3, -0.25) is 4.79 Å². The Morgan fingerprint density at radius 3 is 2.89 bits per heavy atom. The fourth-order valence-corrected chi connectivity index (χ4v) is 2.68. The number of nitriles is 1. The molecule has 0 saturated heterocycles. The third-order valence-corrected chi connectivity index (χ3v) is 3.75. The van der Waals surface area contributed by atoms with Crippen molar-refractivity contribution >= 4 is 22.3 Å². The topological polar surface area (TPSA) is 54.0 Å². The van der Waals surface area contributed by atoms with Gasteiger partial charge in [-0.05, 0) is 17.5 Å². The summed E-state index contributed by atoms with van der Waals surface area (Å²) < 4.78 is 5.83. The van der Waals surface area contributed by atoms with Crippen LogP contribution in [-0.4, -0.2) is 0 Å². The van der Waals surface area contributed by atoms with Crippen molar-refractivity contribution in [3.63, 3.8) is 0 Å². The molecule has 0 aliphatic rings. The first-order valence-electron chi connectivity index (χ1n) is 5.76. The molecule has 92 valence electrons. The van der Waals surface area contributed by atoms with Crippen molar-refractivity contribution in [2.45, 2.75) is 6.42 Å². The summed E-state index contributed by atoms with van der Waals surface area (Å²) in [5, 5.41) is 11.3. The standard InChI is InChI=1S/C15H9NO2S/c16-7-6-10-3-1-4-11-12(17)9-13(18-15(10)11)14-5-2-8-19-14/h1-5,8-9H,6H2. The van der Waals surface area contributed by atoms with E-state index in [9.17, 15) is 4.79 Å². The van der Waals surface area contributed by atoms with Crippen LogP contribution in [0.5, 0.6) is 0 Å². The van der Waals surface area contributed by atoms with Gasteiger partial charge < -0.3 is 4.42 Å². The van der Waals surface area contributed by atoms with Gasteiger partial charge in [0.15, 0.2) is 5.43 Å². The predicted octanol–water partition coefficient (Wildman–Crippen LogP) is 3.59. The molecule has 1 aromatic carbocycles. The average Bonchev–Trinajstić information content (AvgIpc) is 2.94. The van der Waals surface area contributed by atoms with Gasteiger partial charge >= 0.3 is 0 Å². The Morgan fingerprint density at radius 1 is 1.26 bits per heavy atom. The zero-order valence-corrected chi connectivity index (χ0v) is 10.7. The van der Waals surface area contributed by atoms with Crippen molar-refractivity contribution in [3.05, 3.63) is 57.6 Å². The monoisotopic (exact) mass is 267 g/mol. The van der Waals surface area contributed by atoms with Crippen molar-refractivity contribution in [2.75, 3.05) is 0 Å². The number of hydrogen-bond donors (Lipinski definition) is 0. The highest BCUT2D eigenvalue weighted by molar-refractivity contribution is 7.13. The molecule has 3 aromatic rings. The molecule has 0 fully saturated rings. The van der Waals surface area contributed by atoms with Gasteiger partial charge in [-0.2, -0.15) is 5.26 Å². The third kappa shape index (κ3) is 2.05. The molecule has 0 aliphatic heterocycles. The number of benzene rings is 1. The zero-order valence-electron chi connectivity index (χ0n) is 9.92. The second-order valence-electron chi connectivity index (χ2n) is 4.08. The molecular formula is C15H9NO2S. The maximum absolute atomic E-state index is 12.1. The van der Waals surface area contributed by atoms with Crippen LogP contribution >= 0.6 is 11.3 Å². The van der Waals surface area contributed by atoms with Crippen LogP contribution < -0.4 is 5.43 Å². The second kappa shape index (κ2) is 4.71. The summed E-state index contributed by atoms with van der Waals surface area (Å²) in [6.45, 7) is 0. The van der Waals surface area contributed by atoms with E-state index in [0.29, 0.717) is 16.7 Å². The Kier molecular flexibility index (Phi) is 2.90. The first kappa shape index (κ1) is 11.7. The van der Waals surface area contributed by atoms with E-state index in [1.807, 2.05) is 23.6 Å². The van der Waals surface area contributed by atoms with E-state index in [0.717, 1.165) is 10.4 Å². The molecule has 2 heterocycles. The normalized spacial score (nSPS) is 10.5. The fourth-order valence-electron chi connectivity index (χ4n) is 2.00. The molecule has 4 heteroatoms. The Hall–Kier alpha value is -2.38. The van der Waals surface area contributed by atoms with Crippen LogP contribution in [0.4, 0.5) is 0 Å². The Balaban J connectivity index is 2.32. The second-order valence-corrected chi connectivity index (χ2v) is 5.03. The number of thiophene rings is 1. The largest absolute Gasteiger partial charge is 0.455 e. The Morgan fingerprint density at radius 2 is 2.16 bits per heavy atom. The first-order valence-corrected chi connectivity index (χ1v) is 6.64. The summed E-state index contributed by atoms with van der Waals surface area (Å²) in [4.78, 5) is 13.0. The van der Waals surface area contributed by atoms with Crippen LogP contribution in [0.2, 0.25) is 0 Å². The van der Waals surface area contributed by atoms with E-state index in [1.54, 1.807) is 12.1 Å². The highest BCUT2D eigenvalue weighted by Crippen LogP contribution is 2.27. The molecule has 0 aliphatic carbocycles. The predicted molar refractivity (Wildman–Crippen MR) is 75.1 cm³/mol. The lowest BCUT2D eigenvalue weighted by Crippen LogP contribution is -2.01. The van der Waals surface area contributed by atoms with Gasteiger partial charge in [0.25, 0.3) is 0 Å². The van der Waals surface area contributed by atoms with Crippen molar-refractivity contribution in [1.29, 1.82) is 5.26 Å². The SMILES string of the molecule is N#CCc1cccc2c(=O)cc(-c3cccs3)oc12. The number of para-hydroxylation sites is 1. The number of nitrogens with zero attached hydrogens (tertiary/aromatic N) is 1. The third-order valence-electron chi connectivity index (χ3n) is 2.87. The average molecular weight is 267 g/mol. The molecule has 0 N–H and O–H groups in total. The van der Waals surface area contributed by atoms with E-state index < -0.39 is 0 Å². The minimum Gasteiger partial charge on any atom is -0.455 e. The number of rotatable bonds is 2. The highest BCUT2D eigenvalue weighted by atomic mass is 32.1. The van der Waals surface area contributed by atoms with Crippen molar-refractivity contribution in [1.82, 2.24) is 0 Å². The highest BCUT2D eigenvalue weighted by Gasteiger charge is 2.10. The number of hydrogen-bond acceptors (Lipinski definition) is 4. The maximum atomic E-state index is 12.1. The Bertz CT molecular complexity index is 825. The quantitative estimate of drug-likeness (QED) is 0.713. The van der Waals surface area contributed by atoms with Gasteiger partial charge in [0.1, 0.15) is 11.3 Å². The van der Waals surface area contributed by atoms with Gasteiger partial charge in [-0.1, -0.05) is 18.2 Å². The zero-order chi connectivity index (χ0) is 13.2.